The number of benzene rings is 1. The predicted molar refractivity (Wildman–Crippen MR) is 69.3 cm³/mol. The van der Waals surface area contributed by atoms with E-state index in [1.165, 1.54) is 6.07 Å². The first-order chi connectivity index (χ1) is 9.40. The highest BCUT2D eigenvalue weighted by atomic mass is 19.4. The van der Waals surface area contributed by atoms with Crippen molar-refractivity contribution in [2.24, 2.45) is 5.73 Å². The van der Waals surface area contributed by atoms with Crippen molar-refractivity contribution in [1.29, 1.82) is 0 Å². The molecule has 1 atom stereocenters. The number of hydrogen-bond donors (Lipinski definition) is 2. The molecular formula is C14H16F4N2. The van der Waals surface area contributed by atoms with E-state index < -0.39 is 23.6 Å². The molecule has 1 aromatic carbocycles. The lowest BCUT2D eigenvalue weighted by Crippen LogP contribution is -2.29. The van der Waals surface area contributed by atoms with Crippen LogP contribution in [-0.2, 0) is 6.18 Å². The third-order valence-corrected chi connectivity index (χ3v) is 2.75. The Morgan fingerprint density at radius 1 is 1.35 bits per heavy atom. The van der Waals surface area contributed by atoms with Crippen molar-refractivity contribution in [2.75, 3.05) is 13.1 Å². The molecule has 1 rings (SSSR count). The summed E-state index contributed by atoms with van der Waals surface area (Å²) in [6.45, 7) is 2.32. The Kier molecular flexibility index (Phi) is 5.99. The molecule has 3 N–H and O–H groups in total. The largest absolute Gasteiger partial charge is 0.419 e. The number of hydrogen-bond acceptors (Lipinski definition) is 2. The van der Waals surface area contributed by atoms with Gasteiger partial charge in [-0.3, -0.25) is 0 Å². The van der Waals surface area contributed by atoms with Crippen LogP contribution in [0.4, 0.5) is 17.6 Å². The fourth-order valence-corrected chi connectivity index (χ4v) is 1.75. The van der Waals surface area contributed by atoms with Crippen molar-refractivity contribution in [2.45, 2.75) is 25.6 Å². The molecule has 0 aliphatic rings. The van der Waals surface area contributed by atoms with Crippen molar-refractivity contribution in [3.63, 3.8) is 0 Å². The molecule has 0 spiro atoms. The molecule has 0 saturated heterocycles. The maximum Gasteiger partial charge on any atom is 0.419 e. The van der Waals surface area contributed by atoms with E-state index >= 15 is 0 Å². The fraction of sp³-hybridized carbons (Fsp3) is 0.429. The maximum atomic E-state index is 13.2. The second-order valence-corrected chi connectivity index (χ2v) is 4.16. The fourth-order valence-electron chi connectivity index (χ4n) is 1.75. The molecule has 1 aromatic rings. The van der Waals surface area contributed by atoms with Crippen LogP contribution in [0.15, 0.2) is 18.2 Å². The van der Waals surface area contributed by atoms with Crippen LogP contribution in [-0.4, -0.2) is 13.1 Å². The van der Waals surface area contributed by atoms with Gasteiger partial charge in [-0.15, -0.1) is 11.8 Å². The lowest BCUT2D eigenvalue weighted by Gasteiger charge is -2.18. The number of alkyl halides is 3. The summed E-state index contributed by atoms with van der Waals surface area (Å²) in [5.74, 6) is 4.26. The summed E-state index contributed by atoms with van der Waals surface area (Å²) < 4.78 is 51.1. The lowest BCUT2D eigenvalue weighted by molar-refractivity contribution is -0.140. The molecule has 20 heavy (non-hydrogen) atoms. The van der Waals surface area contributed by atoms with Gasteiger partial charge in [0.15, 0.2) is 0 Å². The van der Waals surface area contributed by atoms with Crippen molar-refractivity contribution in [3.8, 4) is 11.8 Å². The van der Waals surface area contributed by atoms with E-state index in [-0.39, 0.29) is 6.54 Å². The first-order valence-corrected chi connectivity index (χ1v) is 6.09. The summed E-state index contributed by atoms with van der Waals surface area (Å²) >= 11 is 0. The Morgan fingerprint density at radius 3 is 2.60 bits per heavy atom. The molecule has 0 bridgehead atoms. The normalized spacial score (nSPS) is 12.7. The molecule has 2 nitrogen and oxygen atoms in total. The van der Waals surface area contributed by atoms with Crippen LogP contribution in [0.3, 0.4) is 0 Å². The van der Waals surface area contributed by atoms with Gasteiger partial charge < -0.3 is 11.1 Å². The molecule has 0 saturated carbocycles. The van der Waals surface area contributed by atoms with E-state index in [1.807, 2.05) is 0 Å². The van der Waals surface area contributed by atoms with Crippen molar-refractivity contribution < 1.29 is 17.6 Å². The molecule has 0 heterocycles. The summed E-state index contributed by atoms with van der Waals surface area (Å²) in [6, 6.07) is 2.45. The van der Waals surface area contributed by atoms with Crippen molar-refractivity contribution in [3.05, 3.63) is 35.1 Å². The van der Waals surface area contributed by atoms with E-state index in [9.17, 15) is 17.6 Å². The van der Waals surface area contributed by atoms with E-state index in [0.29, 0.717) is 18.5 Å². The molecule has 110 valence electrons. The van der Waals surface area contributed by atoms with E-state index in [2.05, 4.69) is 17.2 Å². The third kappa shape index (κ3) is 4.51. The Hall–Kier alpha value is -1.58. The zero-order valence-electron chi connectivity index (χ0n) is 11.0. The average molecular weight is 288 g/mol. The van der Waals surface area contributed by atoms with Crippen molar-refractivity contribution >= 4 is 0 Å². The topological polar surface area (TPSA) is 38.0 Å². The van der Waals surface area contributed by atoms with Crippen LogP contribution in [0.25, 0.3) is 0 Å². The number of rotatable bonds is 5. The molecule has 0 aliphatic carbocycles. The highest BCUT2D eigenvalue weighted by Crippen LogP contribution is 2.32. The summed E-state index contributed by atoms with van der Waals surface area (Å²) in [5.41, 5.74) is 4.58. The summed E-state index contributed by atoms with van der Waals surface area (Å²) in [7, 11) is 0. The predicted octanol–water partition coefficient (Wildman–Crippen LogP) is 2.85. The summed E-state index contributed by atoms with van der Waals surface area (Å²) in [5, 5.41) is 3.00. The van der Waals surface area contributed by atoms with Gasteiger partial charge in [0, 0.05) is 25.6 Å². The summed E-state index contributed by atoms with van der Waals surface area (Å²) in [6.07, 6.45) is -4.15. The minimum Gasteiger partial charge on any atom is -0.329 e. The first-order valence-electron chi connectivity index (χ1n) is 6.09. The van der Waals surface area contributed by atoms with Crippen LogP contribution in [0, 0.1) is 17.7 Å². The maximum absolute atomic E-state index is 13.2. The first kappa shape index (κ1) is 16.5. The van der Waals surface area contributed by atoms with Gasteiger partial charge in [0.1, 0.15) is 5.82 Å². The van der Waals surface area contributed by atoms with Gasteiger partial charge in [-0.1, -0.05) is 6.07 Å². The van der Waals surface area contributed by atoms with E-state index in [4.69, 9.17) is 5.73 Å². The minimum atomic E-state index is -4.72. The van der Waals surface area contributed by atoms with Gasteiger partial charge >= 0.3 is 6.18 Å². The molecule has 0 aromatic heterocycles. The van der Waals surface area contributed by atoms with Gasteiger partial charge in [-0.25, -0.2) is 4.39 Å². The van der Waals surface area contributed by atoms with Crippen LogP contribution in [0.2, 0.25) is 0 Å². The van der Waals surface area contributed by atoms with Crippen molar-refractivity contribution in [1.82, 2.24) is 5.32 Å². The Bertz CT molecular complexity index is 500. The van der Waals surface area contributed by atoms with Gasteiger partial charge in [-0.2, -0.15) is 13.2 Å². The Morgan fingerprint density at radius 2 is 2.05 bits per heavy atom. The Labute approximate surface area is 115 Å². The molecule has 0 aliphatic heterocycles. The van der Waals surface area contributed by atoms with Gasteiger partial charge in [-0.05, 0) is 24.6 Å². The number of nitrogens with two attached hydrogens (primary N) is 1. The second kappa shape index (κ2) is 7.27. The molecule has 0 radical (unpaired) electrons. The highest BCUT2D eigenvalue weighted by molar-refractivity contribution is 5.29. The van der Waals surface area contributed by atoms with Gasteiger partial charge in [0.05, 0.1) is 5.56 Å². The average Bonchev–Trinajstić information content (AvgIpc) is 2.39. The van der Waals surface area contributed by atoms with Gasteiger partial charge in [0.2, 0.25) is 0 Å². The molecule has 0 fully saturated rings. The second-order valence-electron chi connectivity index (χ2n) is 4.16. The van der Waals surface area contributed by atoms with E-state index in [0.717, 1.165) is 12.1 Å². The molecular weight excluding hydrogens is 272 g/mol. The van der Waals surface area contributed by atoms with Crippen LogP contribution < -0.4 is 11.1 Å². The van der Waals surface area contributed by atoms with Gasteiger partial charge in [0.25, 0.3) is 0 Å². The van der Waals surface area contributed by atoms with Crippen LogP contribution in [0.1, 0.15) is 30.5 Å². The standard InChI is InChI=1S/C14H16F4N2/c1-2-3-4-7-20-13(9-19)10-5-6-12(15)11(8-10)14(16,17)18/h5-6,8,13,20H,4,7,9,19H2,1H3. The zero-order valence-corrected chi connectivity index (χ0v) is 11.0. The number of nitrogens with one attached hydrogen (secondary N) is 1. The van der Waals surface area contributed by atoms with Crippen LogP contribution in [0.5, 0.6) is 0 Å². The zero-order chi connectivity index (χ0) is 15.2. The summed E-state index contributed by atoms with van der Waals surface area (Å²) in [4.78, 5) is 0. The number of halogens is 4. The van der Waals surface area contributed by atoms with Crippen LogP contribution >= 0.6 is 0 Å². The molecule has 1 unspecified atom stereocenters. The molecule has 6 heteroatoms. The lowest BCUT2D eigenvalue weighted by atomic mass is 10.0. The highest BCUT2D eigenvalue weighted by Gasteiger charge is 2.34. The molecule has 0 amide bonds. The minimum absolute atomic E-state index is 0.114. The third-order valence-electron chi connectivity index (χ3n) is 2.75. The smallest absolute Gasteiger partial charge is 0.329 e. The quantitative estimate of drug-likeness (QED) is 0.497. The Balaban J connectivity index is 2.89. The SMILES string of the molecule is CC#CCCNC(CN)c1ccc(F)c(C(F)(F)F)c1. The monoisotopic (exact) mass is 288 g/mol. The van der Waals surface area contributed by atoms with E-state index in [1.54, 1.807) is 6.92 Å².